The molecular weight excluding hydrogens is 541 g/mol. The third-order valence-electron chi connectivity index (χ3n) is 5.23. The van der Waals surface area contributed by atoms with E-state index in [-0.39, 0.29) is 30.7 Å². The molecule has 3 aromatic rings. The SMILES string of the molecule is CC.CC(F)(F)CNC(=O)N1Cc2nc(N)nc(-c3c(Cl)cc(Cl)cc3OCCn3cc(C#N)cn3)c2C1. The Morgan fingerprint density at radius 2 is 2.03 bits per heavy atom. The number of fused-ring (bicyclic) bond motifs is 1. The van der Waals surface area contributed by atoms with E-state index in [9.17, 15) is 13.6 Å². The molecule has 0 fully saturated rings. The number of amides is 2. The fourth-order valence-electron chi connectivity index (χ4n) is 3.65. The van der Waals surface area contributed by atoms with Gasteiger partial charge in [-0.05, 0) is 12.1 Å². The number of nitrogens with zero attached hydrogens (tertiary/aromatic N) is 6. The smallest absolute Gasteiger partial charge is 0.318 e. The van der Waals surface area contributed by atoms with Gasteiger partial charge >= 0.3 is 6.03 Å². The van der Waals surface area contributed by atoms with Gasteiger partial charge in [0.15, 0.2) is 0 Å². The second kappa shape index (κ2) is 12.2. The van der Waals surface area contributed by atoms with E-state index in [1.807, 2.05) is 19.9 Å². The third-order valence-corrected chi connectivity index (χ3v) is 5.75. The lowest BCUT2D eigenvalue weighted by molar-refractivity contribution is 0.0239. The first-order valence-electron chi connectivity index (χ1n) is 11.6. The number of rotatable bonds is 7. The summed E-state index contributed by atoms with van der Waals surface area (Å²) in [5.74, 6) is -2.79. The molecule has 0 saturated carbocycles. The lowest BCUT2D eigenvalue weighted by atomic mass is 10.0. The number of hydrogen-bond donors (Lipinski definition) is 2. The van der Waals surface area contributed by atoms with E-state index in [4.69, 9.17) is 38.9 Å². The summed E-state index contributed by atoms with van der Waals surface area (Å²) in [6.07, 6.45) is 3.03. The Hall–Kier alpha value is -3.69. The quantitative estimate of drug-likeness (QED) is 0.415. The number of aromatic nitrogens is 4. The summed E-state index contributed by atoms with van der Waals surface area (Å²) >= 11 is 12.8. The van der Waals surface area contributed by atoms with Crippen molar-refractivity contribution in [2.45, 2.75) is 46.3 Å². The molecule has 0 unspecified atom stereocenters. The number of benzene rings is 1. The summed E-state index contributed by atoms with van der Waals surface area (Å²) < 4.78 is 33.9. The van der Waals surface area contributed by atoms with Crippen molar-refractivity contribution in [3.8, 4) is 23.1 Å². The van der Waals surface area contributed by atoms with Crippen LogP contribution in [0.5, 0.6) is 5.75 Å². The Morgan fingerprint density at radius 1 is 1.29 bits per heavy atom. The number of hydrogen-bond acceptors (Lipinski definition) is 7. The molecule has 2 aromatic heterocycles. The number of carbonyl (C=O) groups is 1. The van der Waals surface area contributed by atoms with Gasteiger partial charge in [-0.2, -0.15) is 10.4 Å². The zero-order valence-electron chi connectivity index (χ0n) is 20.9. The first kappa shape index (κ1) is 28.9. The molecule has 0 aliphatic carbocycles. The Kier molecular flexibility index (Phi) is 9.30. The number of nitrogens with two attached hydrogens (primary N) is 1. The summed E-state index contributed by atoms with van der Waals surface area (Å²) in [4.78, 5) is 22.4. The van der Waals surface area contributed by atoms with Crippen molar-refractivity contribution >= 4 is 35.2 Å². The van der Waals surface area contributed by atoms with Crippen LogP contribution < -0.4 is 15.8 Å². The van der Waals surface area contributed by atoms with Crippen LogP contribution in [0.2, 0.25) is 10.0 Å². The van der Waals surface area contributed by atoms with Gasteiger partial charge < -0.3 is 20.7 Å². The van der Waals surface area contributed by atoms with Crippen molar-refractivity contribution in [1.82, 2.24) is 30.0 Å². The fourth-order valence-corrected chi connectivity index (χ4v) is 4.22. The van der Waals surface area contributed by atoms with E-state index in [0.717, 1.165) is 6.92 Å². The molecule has 4 rings (SSSR count). The second-order valence-electron chi connectivity index (χ2n) is 8.15. The monoisotopic (exact) mass is 566 g/mol. The summed E-state index contributed by atoms with van der Waals surface area (Å²) in [6.45, 7) is 4.53. The van der Waals surface area contributed by atoms with Gasteiger partial charge in [-0.1, -0.05) is 37.0 Å². The Bertz CT molecular complexity index is 1350. The van der Waals surface area contributed by atoms with E-state index < -0.39 is 18.5 Å². The van der Waals surface area contributed by atoms with Gasteiger partial charge in [0.2, 0.25) is 5.95 Å². The molecule has 3 N–H and O–H groups in total. The molecule has 0 spiro atoms. The zero-order valence-corrected chi connectivity index (χ0v) is 22.4. The van der Waals surface area contributed by atoms with E-state index >= 15 is 0 Å². The molecule has 38 heavy (non-hydrogen) atoms. The van der Waals surface area contributed by atoms with Crippen LogP contribution in [0.4, 0.5) is 19.5 Å². The van der Waals surface area contributed by atoms with Gasteiger partial charge in [-0.15, -0.1) is 0 Å². The summed E-state index contributed by atoms with van der Waals surface area (Å²) in [7, 11) is 0. The van der Waals surface area contributed by atoms with Crippen LogP contribution >= 0.6 is 23.2 Å². The number of alkyl halides is 2. The number of carbonyl (C=O) groups excluding carboxylic acids is 1. The maximum Gasteiger partial charge on any atom is 0.318 e. The van der Waals surface area contributed by atoms with E-state index in [0.29, 0.717) is 45.4 Å². The van der Waals surface area contributed by atoms with Gasteiger partial charge in [0.1, 0.15) is 18.4 Å². The molecule has 0 atom stereocenters. The Morgan fingerprint density at radius 3 is 2.68 bits per heavy atom. The largest absolute Gasteiger partial charge is 0.491 e. The van der Waals surface area contributed by atoms with E-state index in [1.165, 1.54) is 17.2 Å². The Labute approximate surface area is 228 Å². The lowest BCUT2D eigenvalue weighted by Gasteiger charge is -2.18. The van der Waals surface area contributed by atoms with E-state index in [2.05, 4.69) is 20.4 Å². The van der Waals surface area contributed by atoms with Crippen LogP contribution in [0.3, 0.4) is 0 Å². The van der Waals surface area contributed by atoms with Crippen molar-refractivity contribution in [3.63, 3.8) is 0 Å². The lowest BCUT2D eigenvalue weighted by Crippen LogP contribution is -2.41. The topological polar surface area (TPSA) is 135 Å². The number of nitriles is 1. The number of anilines is 1. The van der Waals surface area contributed by atoms with Crippen LogP contribution in [-0.2, 0) is 19.6 Å². The molecule has 202 valence electrons. The predicted molar refractivity (Wildman–Crippen MR) is 139 cm³/mol. The first-order chi connectivity index (χ1) is 18.0. The number of nitrogens with one attached hydrogen (secondary N) is 1. The van der Waals surface area contributed by atoms with Crippen LogP contribution in [0, 0.1) is 11.3 Å². The van der Waals surface area contributed by atoms with Crippen LogP contribution in [0.1, 0.15) is 37.6 Å². The minimum absolute atomic E-state index is 0.0503. The molecular formula is C24H26Cl2F2N8O2. The van der Waals surface area contributed by atoms with Crippen molar-refractivity contribution in [2.75, 3.05) is 18.9 Å². The molecule has 10 nitrogen and oxygen atoms in total. The minimum atomic E-state index is -3.05. The maximum atomic E-state index is 13.2. The van der Waals surface area contributed by atoms with Gasteiger partial charge in [-0.25, -0.2) is 23.5 Å². The fraction of sp³-hybridized carbons (Fsp3) is 0.375. The number of nitrogen functional groups attached to an aromatic ring is 1. The van der Waals surface area contributed by atoms with Crippen molar-refractivity contribution in [3.05, 3.63) is 51.4 Å². The number of ether oxygens (including phenoxy) is 1. The standard InChI is InChI=1S/C22H20Cl2F2N8O2.C2H6/c1-22(25,26)11-29-21(35)33-9-14-16(10-33)31-20(28)32-19(14)18-15(24)4-13(23)5-17(18)36-3-2-34-8-12(6-27)7-30-34;1-2/h4-5,7-8H,2-3,9-11H2,1H3,(H,29,35)(H2,28,31,32);1-2H3. The molecule has 1 aliphatic heterocycles. The summed E-state index contributed by atoms with van der Waals surface area (Å²) in [5.41, 5.74) is 8.12. The van der Waals surface area contributed by atoms with Crippen molar-refractivity contribution in [1.29, 1.82) is 5.26 Å². The minimum Gasteiger partial charge on any atom is -0.491 e. The molecule has 0 bridgehead atoms. The highest BCUT2D eigenvalue weighted by Gasteiger charge is 2.32. The van der Waals surface area contributed by atoms with Crippen LogP contribution in [-0.4, -0.2) is 49.8 Å². The second-order valence-corrected chi connectivity index (χ2v) is 9.00. The summed E-state index contributed by atoms with van der Waals surface area (Å²) in [6, 6.07) is 4.42. The molecule has 3 heterocycles. The van der Waals surface area contributed by atoms with Crippen LogP contribution in [0.15, 0.2) is 24.5 Å². The average molecular weight is 567 g/mol. The van der Waals surface area contributed by atoms with Gasteiger partial charge in [0, 0.05) is 23.7 Å². The number of urea groups is 1. The molecule has 1 aliphatic rings. The normalized spacial score (nSPS) is 12.3. The van der Waals surface area contributed by atoms with Gasteiger partial charge in [-0.3, -0.25) is 4.68 Å². The first-order valence-corrected chi connectivity index (χ1v) is 12.4. The molecule has 0 radical (unpaired) electrons. The molecule has 14 heteroatoms. The third kappa shape index (κ3) is 6.99. The Balaban J connectivity index is 0.00000195. The maximum absolute atomic E-state index is 13.2. The highest BCUT2D eigenvalue weighted by atomic mass is 35.5. The molecule has 1 aromatic carbocycles. The van der Waals surface area contributed by atoms with Crippen molar-refractivity contribution in [2.24, 2.45) is 0 Å². The van der Waals surface area contributed by atoms with E-state index in [1.54, 1.807) is 16.9 Å². The molecule has 0 saturated heterocycles. The zero-order chi connectivity index (χ0) is 28.0. The van der Waals surface area contributed by atoms with Gasteiger partial charge in [0.05, 0.1) is 59.9 Å². The average Bonchev–Trinajstić information content (AvgIpc) is 3.50. The van der Waals surface area contributed by atoms with Crippen LogP contribution in [0.25, 0.3) is 11.3 Å². The van der Waals surface area contributed by atoms with Gasteiger partial charge in [0.25, 0.3) is 5.92 Å². The highest BCUT2D eigenvalue weighted by molar-refractivity contribution is 6.37. The molecule has 2 amide bonds. The predicted octanol–water partition coefficient (Wildman–Crippen LogP) is 4.89. The highest BCUT2D eigenvalue weighted by Crippen LogP contribution is 2.42. The van der Waals surface area contributed by atoms with Crippen molar-refractivity contribution < 1.29 is 18.3 Å². The number of halogens is 4. The summed E-state index contributed by atoms with van der Waals surface area (Å²) in [5, 5.41) is 15.8.